The van der Waals surface area contributed by atoms with E-state index in [9.17, 15) is 4.79 Å². The summed E-state index contributed by atoms with van der Waals surface area (Å²) in [5.74, 6) is 1.73. The normalized spacial score (nSPS) is 20.0. The number of aryl methyl sites for hydroxylation is 1. The minimum absolute atomic E-state index is 0.0784. The van der Waals surface area contributed by atoms with Gasteiger partial charge >= 0.3 is 6.03 Å². The first-order valence-electron chi connectivity index (χ1n) is 11.4. The van der Waals surface area contributed by atoms with E-state index in [0.717, 1.165) is 44.3 Å². The van der Waals surface area contributed by atoms with Crippen LogP contribution < -0.4 is 20.9 Å². The summed E-state index contributed by atoms with van der Waals surface area (Å²) >= 11 is 18.2. The number of urea groups is 1. The Bertz CT molecular complexity index is 1000. The van der Waals surface area contributed by atoms with Gasteiger partial charge in [-0.3, -0.25) is 0 Å². The standard InChI is InChI=1S/C23H29Cl3N6O/c1-32(2)21-16-5-3-4-6-19(16)29-22(31-21)27-14-7-9-15(10-8-14)28-23(33)30-20-17(25)11-13(24)12-18(20)26/h11-12,14-15H,3-10H2,1-2H3,(H,27,29,31)(H2,28,30,33). The molecule has 2 aliphatic carbocycles. The first kappa shape index (κ1) is 24.2. The smallest absolute Gasteiger partial charge is 0.319 e. The Hall–Kier alpha value is -1.96. The molecule has 7 nitrogen and oxygen atoms in total. The second kappa shape index (κ2) is 10.5. The largest absolute Gasteiger partial charge is 0.362 e. The molecule has 4 rings (SSSR count). The molecule has 2 amide bonds. The molecule has 0 unspecified atom stereocenters. The van der Waals surface area contributed by atoms with Gasteiger partial charge in [-0.25, -0.2) is 9.78 Å². The molecule has 0 saturated heterocycles. The van der Waals surface area contributed by atoms with Crippen LogP contribution >= 0.6 is 34.8 Å². The number of amides is 2. The van der Waals surface area contributed by atoms with E-state index >= 15 is 0 Å². The molecule has 0 aliphatic heterocycles. The number of hydrogen-bond acceptors (Lipinski definition) is 5. The van der Waals surface area contributed by atoms with Crippen molar-refractivity contribution in [3.63, 3.8) is 0 Å². The molecule has 0 radical (unpaired) electrons. The van der Waals surface area contributed by atoms with Gasteiger partial charge in [0.05, 0.1) is 21.4 Å². The number of fused-ring (bicyclic) bond motifs is 1. The van der Waals surface area contributed by atoms with E-state index in [4.69, 9.17) is 44.8 Å². The molecule has 1 aromatic heterocycles. The zero-order valence-electron chi connectivity index (χ0n) is 18.9. The van der Waals surface area contributed by atoms with Gasteiger partial charge in [-0.2, -0.15) is 4.98 Å². The van der Waals surface area contributed by atoms with Gasteiger partial charge in [0.25, 0.3) is 0 Å². The van der Waals surface area contributed by atoms with Crippen molar-refractivity contribution in [1.82, 2.24) is 15.3 Å². The Morgan fingerprint density at radius 1 is 0.970 bits per heavy atom. The molecular formula is C23H29Cl3N6O. The molecule has 0 spiro atoms. The quantitative estimate of drug-likeness (QED) is 0.464. The van der Waals surface area contributed by atoms with E-state index in [-0.39, 0.29) is 18.1 Å². The number of carbonyl (C=O) groups is 1. The van der Waals surface area contributed by atoms with Gasteiger partial charge in [-0.1, -0.05) is 34.8 Å². The van der Waals surface area contributed by atoms with Crippen molar-refractivity contribution in [2.45, 2.75) is 63.5 Å². The minimum atomic E-state index is -0.328. The number of aromatic nitrogens is 2. The van der Waals surface area contributed by atoms with Crippen LogP contribution in [0.5, 0.6) is 0 Å². The van der Waals surface area contributed by atoms with Gasteiger partial charge in [-0.05, 0) is 63.5 Å². The fourth-order valence-corrected chi connectivity index (χ4v) is 5.48. The minimum Gasteiger partial charge on any atom is -0.362 e. The van der Waals surface area contributed by atoms with Crippen LogP contribution in [0.2, 0.25) is 15.1 Å². The summed E-state index contributed by atoms with van der Waals surface area (Å²) in [4.78, 5) is 24.2. The van der Waals surface area contributed by atoms with Gasteiger partial charge in [0.2, 0.25) is 5.95 Å². The molecule has 10 heteroatoms. The van der Waals surface area contributed by atoms with Gasteiger partial charge in [0.15, 0.2) is 0 Å². The molecule has 1 aromatic carbocycles. The summed E-state index contributed by atoms with van der Waals surface area (Å²) in [6.07, 6.45) is 8.01. The highest BCUT2D eigenvalue weighted by Crippen LogP contribution is 2.34. The van der Waals surface area contributed by atoms with Crippen LogP contribution in [0.1, 0.15) is 49.8 Å². The molecule has 3 N–H and O–H groups in total. The van der Waals surface area contributed by atoms with Gasteiger partial charge in [0, 0.05) is 36.8 Å². The average molecular weight is 512 g/mol. The maximum atomic E-state index is 12.5. The van der Waals surface area contributed by atoms with E-state index in [1.54, 1.807) is 12.1 Å². The van der Waals surface area contributed by atoms with E-state index in [1.165, 1.54) is 24.1 Å². The van der Waals surface area contributed by atoms with Crippen molar-refractivity contribution in [3.05, 3.63) is 38.5 Å². The summed E-state index contributed by atoms with van der Waals surface area (Å²) in [7, 11) is 4.07. The number of hydrogen-bond donors (Lipinski definition) is 3. The lowest BCUT2D eigenvalue weighted by Gasteiger charge is -2.30. The van der Waals surface area contributed by atoms with Crippen LogP contribution in [0.25, 0.3) is 0 Å². The molecule has 2 aromatic rings. The van der Waals surface area contributed by atoms with E-state index in [1.807, 2.05) is 14.1 Å². The average Bonchev–Trinajstić information content (AvgIpc) is 2.77. The molecule has 1 fully saturated rings. The summed E-state index contributed by atoms with van der Waals surface area (Å²) < 4.78 is 0. The number of benzene rings is 1. The molecule has 1 saturated carbocycles. The van der Waals surface area contributed by atoms with Crippen LogP contribution in [0.4, 0.5) is 22.2 Å². The predicted molar refractivity (Wildman–Crippen MR) is 136 cm³/mol. The number of carbonyl (C=O) groups excluding carboxylic acids is 1. The molecule has 2 aliphatic rings. The highest BCUT2D eigenvalue weighted by molar-refractivity contribution is 6.42. The number of nitrogens with one attached hydrogen (secondary N) is 3. The zero-order chi connectivity index (χ0) is 23.5. The highest BCUT2D eigenvalue weighted by atomic mass is 35.5. The molecule has 0 atom stereocenters. The fraction of sp³-hybridized carbons (Fsp3) is 0.522. The number of rotatable bonds is 5. The summed E-state index contributed by atoms with van der Waals surface area (Å²) in [5, 5.41) is 10.3. The maximum absolute atomic E-state index is 12.5. The Morgan fingerprint density at radius 3 is 2.27 bits per heavy atom. The van der Waals surface area contributed by atoms with Gasteiger partial charge in [0.1, 0.15) is 5.82 Å². The van der Waals surface area contributed by atoms with Crippen LogP contribution in [0.15, 0.2) is 12.1 Å². The molecular weight excluding hydrogens is 483 g/mol. The Labute approximate surface area is 209 Å². The molecule has 1 heterocycles. The van der Waals surface area contributed by atoms with Gasteiger partial charge in [-0.15, -0.1) is 0 Å². The predicted octanol–water partition coefficient (Wildman–Crippen LogP) is 5.93. The molecule has 178 valence electrons. The summed E-state index contributed by atoms with van der Waals surface area (Å²) in [6.45, 7) is 0. The van der Waals surface area contributed by atoms with Crippen LogP contribution in [0, 0.1) is 0 Å². The van der Waals surface area contributed by atoms with Crippen LogP contribution in [0.3, 0.4) is 0 Å². The van der Waals surface area contributed by atoms with Crippen LogP contribution in [-0.2, 0) is 12.8 Å². The lowest BCUT2D eigenvalue weighted by atomic mass is 9.91. The summed E-state index contributed by atoms with van der Waals surface area (Å²) in [5.41, 5.74) is 2.82. The van der Waals surface area contributed by atoms with E-state index in [2.05, 4.69) is 20.9 Å². The third kappa shape index (κ3) is 5.94. The molecule has 0 bridgehead atoms. The second-order valence-corrected chi connectivity index (χ2v) is 10.2. The van der Waals surface area contributed by atoms with Crippen molar-refractivity contribution in [1.29, 1.82) is 0 Å². The van der Waals surface area contributed by atoms with E-state index in [0.29, 0.717) is 26.7 Å². The van der Waals surface area contributed by atoms with Crippen molar-refractivity contribution < 1.29 is 4.79 Å². The first-order chi connectivity index (χ1) is 15.8. The third-order valence-electron chi connectivity index (χ3n) is 6.23. The third-order valence-corrected chi connectivity index (χ3v) is 7.04. The number of nitrogens with zero attached hydrogens (tertiary/aromatic N) is 3. The highest BCUT2D eigenvalue weighted by Gasteiger charge is 2.25. The Morgan fingerprint density at radius 2 is 1.61 bits per heavy atom. The lowest BCUT2D eigenvalue weighted by molar-refractivity contribution is 0.243. The maximum Gasteiger partial charge on any atom is 0.319 e. The SMILES string of the molecule is CN(C)c1nc(NC2CCC(NC(=O)Nc3c(Cl)cc(Cl)cc3Cl)CC2)nc2c1CCCC2. The topological polar surface area (TPSA) is 82.2 Å². The van der Waals surface area contributed by atoms with Gasteiger partial charge < -0.3 is 20.9 Å². The van der Waals surface area contributed by atoms with Crippen molar-refractivity contribution in [2.75, 3.05) is 29.6 Å². The Balaban J connectivity index is 1.31. The van der Waals surface area contributed by atoms with Crippen molar-refractivity contribution in [2.24, 2.45) is 0 Å². The lowest BCUT2D eigenvalue weighted by Crippen LogP contribution is -2.42. The van der Waals surface area contributed by atoms with Crippen molar-refractivity contribution >= 4 is 58.3 Å². The van der Waals surface area contributed by atoms with Crippen LogP contribution in [-0.4, -0.2) is 42.2 Å². The van der Waals surface area contributed by atoms with Crippen molar-refractivity contribution in [3.8, 4) is 0 Å². The monoisotopic (exact) mass is 510 g/mol. The zero-order valence-corrected chi connectivity index (χ0v) is 21.1. The second-order valence-electron chi connectivity index (χ2n) is 8.93. The van der Waals surface area contributed by atoms with E-state index < -0.39 is 0 Å². The molecule has 33 heavy (non-hydrogen) atoms. The number of anilines is 3. The summed E-state index contributed by atoms with van der Waals surface area (Å²) in [6, 6.07) is 3.13. The fourth-order valence-electron chi connectivity index (χ4n) is 4.57. The number of halogens is 3. The Kier molecular flexibility index (Phi) is 7.72. The first-order valence-corrected chi connectivity index (χ1v) is 12.5.